The van der Waals surface area contributed by atoms with Crippen LogP contribution in [0.2, 0.25) is 0 Å². The van der Waals surface area contributed by atoms with Gasteiger partial charge in [-0.25, -0.2) is 0 Å². The lowest BCUT2D eigenvalue weighted by Crippen LogP contribution is -2.01. The molecule has 3 rings (SSSR count). The average Bonchev–Trinajstić information content (AvgIpc) is 2.69. The van der Waals surface area contributed by atoms with Crippen LogP contribution in [0.5, 0.6) is 11.5 Å². The number of ether oxygens (including phenoxy) is 2. The van der Waals surface area contributed by atoms with E-state index in [0.717, 1.165) is 61.2 Å². The molecule has 0 aliphatic heterocycles. The standard InChI is InChI=1S/C24H30O2/c1-5-13-25-23-19-11-9-18(8-4)16-22(19)24(26-14-6-2)20-12-10-17(7-3)15-21(20)23/h9-12,15-16H,5-8,13-14H2,1-4H3. The molecule has 0 atom stereocenters. The third-order valence-electron chi connectivity index (χ3n) is 4.86. The van der Waals surface area contributed by atoms with E-state index in [0.29, 0.717) is 0 Å². The summed E-state index contributed by atoms with van der Waals surface area (Å²) >= 11 is 0. The largest absolute Gasteiger partial charge is 0.492 e. The molecule has 0 saturated carbocycles. The topological polar surface area (TPSA) is 18.5 Å². The number of hydrogen-bond donors (Lipinski definition) is 0. The normalized spacial score (nSPS) is 11.2. The zero-order chi connectivity index (χ0) is 18.5. The van der Waals surface area contributed by atoms with Gasteiger partial charge in [-0.05, 0) is 48.9 Å². The van der Waals surface area contributed by atoms with Crippen LogP contribution in [0.25, 0.3) is 21.5 Å². The molecule has 0 radical (unpaired) electrons. The zero-order valence-electron chi connectivity index (χ0n) is 16.5. The maximum Gasteiger partial charge on any atom is 0.135 e. The van der Waals surface area contributed by atoms with Crippen molar-refractivity contribution in [2.45, 2.75) is 53.4 Å². The summed E-state index contributed by atoms with van der Waals surface area (Å²) in [6.45, 7) is 10.1. The van der Waals surface area contributed by atoms with E-state index in [2.05, 4.69) is 64.1 Å². The lowest BCUT2D eigenvalue weighted by molar-refractivity contribution is 0.319. The molecule has 2 heteroatoms. The number of fused-ring (bicyclic) bond motifs is 2. The van der Waals surface area contributed by atoms with Crippen LogP contribution in [-0.2, 0) is 12.8 Å². The molecule has 2 nitrogen and oxygen atoms in total. The van der Waals surface area contributed by atoms with Gasteiger partial charge in [-0.3, -0.25) is 0 Å². The quantitative estimate of drug-likeness (QED) is 0.421. The highest BCUT2D eigenvalue weighted by Gasteiger charge is 2.17. The first-order valence-corrected chi connectivity index (χ1v) is 10.00. The van der Waals surface area contributed by atoms with Gasteiger partial charge >= 0.3 is 0 Å². The molecule has 0 heterocycles. The summed E-state index contributed by atoms with van der Waals surface area (Å²) in [5, 5.41) is 4.64. The Kier molecular flexibility index (Phi) is 6.03. The molecule has 0 amide bonds. The van der Waals surface area contributed by atoms with Crippen molar-refractivity contribution in [2.75, 3.05) is 13.2 Å². The van der Waals surface area contributed by atoms with Crippen LogP contribution in [0.15, 0.2) is 36.4 Å². The van der Waals surface area contributed by atoms with Crippen molar-refractivity contribution in [2.24, 2.45) is 0 Å². The molecule has 0 N–H and O–H groups in total. The van der Waals surface area contributed by atoms with Crippen molar-refractivity contribution >= 4 is 21.5 Å². The Morgan fingerprint density at radius 3 is 1.35 bits per heavy atom. The fourth-order valence-electron chi connectivity index (χ4n) is 3.40. The maximum atomic E-state index is 6.26. The molecule has 0 aliphatic rings. The number of rotatable bonds is 8. The summed E-state index contributed by atoms with van der Waals surface area (Å²) in [5.74, 6) is 2.00. The van der Waals surface area contributed by atoms with E-state index in [1.807, 2.05) is 0 Å². The number of benzene rings is 3. The molecular weight excluding hydrogens is 320 g/mol. The van der Waals surface area contributed by atoms with Gasteiger partial charge in [0.25, 0.3) is 0 Å². The Labute approximate surface area is 157 Å². The van der Waals surface area contributed by atoms with Crippen molar-refractivity contribution in [1.82, 2.24) is 0 Å². The van der Waals surface area contributed by atoms with Crippen LogP contribution in [0, 0.1) is 0 Å². The first-order valence-electron chi connectivity index (χ1n) is 10.00. The van der Waals surface area contributed by atoms with E-state index in [9.17, 15) is 0 Å². The Balaban J connectivity index is 2.37. The number of aryl methyl sites for hydroxylation is 2. The van der Waals surface area contributed by atoms with Gasteiger partial charge in [-0.2, -0.15) is 0 Å². The van der Waals surface area contributed by atoms with E-state index in [1.165, 1.54) is 21.9 Å². The molecule has 0 aliphatic carbocycles. The van der Waals surface area contributed by atoms with Crippen LogP contribution in [0.4, 0.5) is 0 Å². The minimum atomic E-state index is 0.727. The second-order valence-electron chi connectivity index (χ2n) is 6.82. The fourth-order valence-corrected chi connectivity index (χ4v) is 3.40. The Morgan fingerprint density at radius 2 is 1.00 bits per heavy atom. The third-order valence-corrected chi connectivity index (χ3v) is 4.86. The predicted octanol–water partition coefficient (Wildman–Crippen LogP) is 6.70. The van der Waals surface area contributed by atoms with Crippen LogP contribution in [-0.4, -0.2) is 13.2 Å². The predicted molar refractivity (Wildman–Crippen MR) is 112 cm³/mol. The molecule has 0 fully saturated rings. The van der Waals surface area contributed by atoms with Gasteiger partial charge in [0.15, 0.2) is 0 Å². The Hall–Kier alpha value is -2.22. The summed E-state index contributed by atoms with van der Waals surface area (Å²) in [4.78, 5) is 0. The smallest absolute Gasteiger partial charge is 0.135 e. The molecule has 26 heavy (non-hydrogen) atoms. The molecule has 0 unspecified atom stereocenters. The first kappa shape index (κ1) is 18.6. The van der Waals surface area contributed by atoms with E-state index in [4.69, 9.17) is 9.47 Å². The van der Waals surface area contributed by atoms with Crippen molar-refractivity contribution in [3.63, 3.8) is 0 Å². The molecule has 3 aromatic carbocycles. The highest BCUT2D eigenvalue weighted by atomic mass is 16.5. The van der Waals surface area contributed by atoms with Gasteiger partial charge < -0.3 is 9.47 Å². The average molecular weight is 351 g/mol. The van der Waals surface area contributed by atoms with Gasteiger partial charge in [-0.15, -0.1) is 0 Å². The first-order chi connectivity index (χ1) is 12.7. The van der Waals surface area contributed by atoms with Crippen molar-refractivity contribution in [3.05, 3.63) is 47.5 Å². The van der Waals surface area contributed by atoms with Crippen molar-refractivity contribution in [3.8, 4) is 11.5 Å². The van der Waals surface area contributed by atoms with Crippen molar-refractivity contribution in [1.29, 1.82) is 0 Å². The minimum absolute atomic E-state index is 0.727. The summed E-state index contributed by atoms with van der Waals surface area (Å²) < 4.78 is 12.5. The van der Waals surface area contributed by atoms with Crippen LogP contribution >= 0.6 is 0 Å². The van der Waals surface area contributed by atoms with E-state index >= 15 is 0 Å². The molecule has 0 bridgehead atoms. The maximum absolute atomic E-state index is 6.26. The van der Waals surface area contributed by atoms with Crippen LogP contribution in [0.1, 0.15) is 51.7 Å². The SMILES string of the molecule is CCCOc1c2ccc(CC)cc2c(OCCC)c2ccc(CC)cc12. The zero-order valence-corrected chi connectivity index (χ0v) is 16.5. The fraction of sp³-hybridized carbons (Fsp3) is 0.417. The Bertz CT molecular complexity index is 820. The summed E-state index contributed by atoms with van der Waals surface area (Å²) in [6, 6.07) is 13.4. The monoisotopic (exact) mass is 350 g/mol. The van der Waals surface area contributed by atoms with E-state index < -0.39 is 0 Å². The molecule has 138 valence electrons. The van der Waals surface area contributed by atoms with E-state index in [1.54, 1.807) is 0 Å². The van der Waals surface area contributed by atoms with Gasteiger partial charge in [0.05, 0.1) is 13.2 Å². The van der Waals surface area contributed by atoms with Crippen LogP contribution in [0.3, 0.4) is 0 Å². The Morgan fingerprint density at radius 1 is 0.577 bits per heavy atom. The van der Waals surface area contributed by atoms with Gasteiger partial charge in [0.1, 0.15) is 11.5 Å². The second kappa shape index (κ2) is 8.44. The van der Waals surface area contributed by atoms with Gasteiger partial charge in [0, 0.05) is 21.5 Å². The van der Waals surface area contributed by atoms with Crippen molar-refractivity contribution < 1.29 is 9.47 Å². The van der Waals surface area contributed by atoms with Gasteiger partial charge in [-0.1, -0.05) is 52.0 Å². The summed E-state index contributed by atoms with van der Waals surface area (Å²) in [5.41, 5.74) is 2.65. The minimum Gasteiger partial charge on any atom is -0.492 e. The lowest BCUT2D eigenvalue weighted by atomic mass is 9.96. The van der Waals surface area contributed by atoms with E-state index in [-0.39, 0.29) is 0 Å². The third kappa shape index (κ3) is 3.51. The molecule has 3 aromatic rings. The molecule has 0 aromatic heterocycles. The second-order valence-corrected chi connectivity index (χ2v) is 6.82. The summed E-state index contributed by atoms with van der Waals surface area (Å²) in [6.07, 6.45) is 4.03. The molecule has 0 spiro atoms. The highest BCUT2D eigenvalue weighted by Crippen LogP contribution is 2.43. The molecule has 0 saturated heterocycles. The highest BCUT2D eigenvalue weighted by molar-refractivity contribution is 6.11. The van der Waals surface area contributed by atoms with Crippen LogP contribution < -0.4 is 9.47 Å². The number of hydrogen-bond acceptors (Lipinski definition) is 2. The van der Waals surface area contributed by atoms with Gasteiger partial charge in [0.2, 0.25) is 0 Å². The molecular formula is C24H30O2. The summed E-state index contributed by atoms with van der Waals surface area (Å²) in [7, 11) is 0. The lowest BCUT2D eigenvalue weighted by Gasteiger charge is -2.19.